The van der Waals surface area contributed by atoms with Crippen LogP contribution in [0.15, 0.2) is 12.1 Å². The highest BCUT2D eigenvalue weighted by Gasteiger charge is 2.40. The molecule has 0 aliphatic carbocycles. The molecule has 1 aromatic carbocycles. The molecule has 0 spiro atoms. The summed E-state index contributed by atoms with van der Waals surface area (Å²) < 4.78 is 10.4. The molecular formula is C17H21Cl3O4. The fraction of sp³-hybridized carbons (Fsp3) is 0.529. The molecule has 0 atom stereocenters. The Morgan fingerprint density at radius 2 is 1.58 bits per heavy atom. The van der Waals surface area contributed by atoms with Gasteiger partial charge in [-0.25, -0.2) is 0 Å². The van der Waals surface area contributed by atoms with Crippen molar-refractivity contribution in [2.24, 2.45) is 5.41 Å². The summed E-state index contributed by atoms with van der Waals surface area (Å²) in [5, 5.41) is 0.490. The van der Waals surface area contributed by atoms with Gasteiger partial charge in [0.2, 0.25) is 0 Å². The summed E-state index contributed by atoms with van der Waals surface area (Å²) in [6.45, 7) is 5.24. The zero-order chi connectivity index (χ0) is 18.3. The Hall–Kier alpha value is -0.970. The highest BCUT2D eigenvalue weighted by molar-refractivity contribution is 6.40. The number of halogens is 3. The molecule has 24 heavy (non-hydrogen) atoms. The maximum absolute atomic E-state index is 12.3. The summed E-state index contributed by atoms with van der Waals surface area (Å²) in [7, 11) is 0. The largest absolute Gasteiger partial charge is 0.465 e. The van der Waals surface area contributed by atoms with E-state index in [0.29, 0.717) is 5.02 Å². The topological polar surface area (TPSA) is 52.6 Å². The second-order valence-electron chi connectivity index (χ2n) is 5.91. The molecule has 4 nitrogen and oxygen atoms in total. The molecule has 0 heterocycles. The van der Waals surface area contributed by atoms with Crippen LogP contribution in [-0.4, -0.2) is 18.5 Å². The summed E-state index contributed by atoms with van der Waals surface area (Å²) in [5.74, 6) is -1.48. The fourth-order valence-corrected chi connectivity index (χ4v) is 2.70. The third-order valence-electron chi connectivity index (χ3n) is 3.41. The molecule has 0 aliphatic rings. The van der Waals surface area contributed by atoms with Crippen molar-refractivity contribution in [3.8, 4) is 5.75 Å². The molecule has 7 heteroatoms. The van der Waals surface area contributed by atoms with Crippen LogP contribution >= 0.6 is 34.8 Å². The number of unbranched alkanes of at least 4 members (excludes halogenated alkanes) is 3. The number of carbonyl (C=O) groups excluding carboxylic acids is 2. The maximum Gasteiger partial charge on any atom is 0.328 e. The average molecular weight is 396 g/mol. The molecule has 0 N–H and O–H groups in total. The maximum atomic E-state index is 12.3. The standard InChI is InChI=1S/C17H21Cl3O4/c1-4-5-6-7-8-23-15(21)17(2,3)16(22)24-14-12(19)9-11(18)10-13(14)20/h9-10H,4-8H2,1-3H3. The van der Waals surface area contributed by atoms with Gasteiger partial charge in [-0.15, -0.1) is 0 Å². The third kappa shape index (κ3) is 5.83. The van der Waals surface area contributed by atoms with Gasteiger partial charge >= 0.3 is 11.9 Å². The number of rotatable bonds is 8. The van der Waals surface area contributed by atoms with Gasteiger partial charge in [0.1, 0.15) is 0 Å². The molecule has 1 aromatic rings. The zero-order valence-electron chi connectivity index (χ0n) is 14.0. The van der Waals surface area contributed by atoms with Gasteiger partial charge in [0.15, 0.2) is 11.2 Å². The smallest absolute Gasteiger partial charge is 0.328 e. The van der Waals surface area contributed by atoms with Crippen molar-refractivity contribution in [2.45, 2.75) is 46.5 Å². The SMILES string of the molecule is CCCCCCOC(=O)C(C)(C)C(=O)Oc1c(Cl)cc(Cl)cc1Cl. The van der Waals surface area contributed by atoms with Crippen LogP contribution in [-0.2, 0) is 14.3 Å². The van der Waals surface area contributed by atoms with E-state index in [9.17, 15) is 9.59 Å². The molecule has 134 valence electrons. The van der Waals surface area contributed by atoms with E-state index < -0.39 is 17.4 Å². The Morgan fingerprint density at radius 1 is 1.00 bits per heavy atom. The van der Waals surface area contributed by atoms with E-state index in [0.717, 1.165) is 25.7 Å². The first-order valence-corrected chi connectivity index (χ1v) is 8.87. The first-order chi connectivity index (χ1) is 11.2. The van der Waals surface area contributed by atoms with Crippen LogP contribution in [0.25, 0.3) is 0 Å². The Balaban J connectivity index is 2.70. The first-order valence-electron chi connectivity index (χ1n) is 7.74. The molecule has 0 radical (unpaired) electrons. The quantitative estimate of drug-likeness (QED) is 0.245. The normalized spacial score (nSPS) is 11.2. The van der Waals surface area contributed by atoms with Gasteiger partial charge in [-0.1, -0.05) is 61.0 Å². The summed E-state index contributed by atoms with van der Waals surface area (Å²) in [6, 6.07) is 2.80. The van der Waals surface area contributed by atoms with E-state index in [-0.39, 0.29) is 22.4 Å². The van der Waals surface area contributed by atoms with Gasteiger partial charge in [0.25, 0.3) is 0 Å². The predicted molar refractivity (Wildman–Crippen MR) is 96.0 cm³/mol. The molecule has 0 saturated carbocycles. The van der Waals surface area contributed by atoms with Crippen molar-refractivity contribution in [3.05, 3.63) is 27.2 Å². The second-order valence-corrected chi connectivity index (χ2v) is 7.16. The average Bonchev–Trinajstić information content (AvgIpc) is 2.49. The minimum Gasteiger partial charge on any atom is -0.465 e. The highest BCUT2D eigenvalue weighted by Crippen LogP contribution is 2.37. The van der Waals surface area contributed by atoms with Crippen molar-refractivity contribution in [1.29, 1.82) is 0 Å². The summed E-state index contributed by atoms with van der Waals surface area (Å²) in [4.78, 5) is 24.5. The van der Waals surface area contributed by atoms with Crippen molar-refractivity contribution < 1.29 is 19.1 Å². The van der Waals surface area contributed by atoms with Crippen molar-refractivity contribution in [3.63, 3.8) is 0 Å². The lowest BCUT2D eigenvalue weighted by Crippen LogP contribution is -2.38. The molecule has 1 rings (SSSR count). The van der Waals surface area contributed by atoms with Crippen molar-refractivity contribution in [2.75, 3.05) is 6.61 Å². The third-order valence-corrected chi connectivity index (χ3v) is 4.19. The molecule has 0 saturated heterocycles. The van der Waals surface area contributed by atoms with E-state index in [2.05, 4.69) is 6.92 Å². The van der Waals surface area contributed by atoms with Gasteiger partial charge < -0.3 is 9.47 Å². The van der Waals surface area contributed by atoms with E-state index in [1.807, 2.05) is 0 Å². The number of ether oxygens (including phenoxy) is 2. The highest BCUT2D eigenvalue weighted by atomic mass is 35.5. The minimum absolute atomic E-state index is 0.0310. The Morgan fingerprint density at radius 3 is 2.12 bits per heavy atom. The zero-order valence-corrected chi connectivity index (χ0v) is 16.2. The Labute approximate surface area is 157 Å². The summed E-state index contributed by atoms with van der Waals surface area (Å²) in [5.41, 5.74) is -1.48. The van der Waals surface area contributed by atoms with Crippen LogP contribution in [0.2, 0.25) is 15.1 Å². The van der Waals surface area contributed by atoms with Crippen molar-refractivity contribution in [1.82, 2.24) is 0 Å². The van der Waals surface area contributed by atoms with E-state index in [1.54, 1.807) is 0 Å². The van der Waals surface area contributed by atoms with Crippen LogP contribution in [0.4, 0.5) is 0 Å². The van der Waals surface area contributed by atoms with Gasteiger partial charge in [-0.05, 0) is 32.4 Å². The Kier molecular flexibility index (Phi) is 8.34. The number of hydrogen-bond donors (Lipinski definition) is 0. The molecule has 0 unspecified atom stereocenters. The van der Waals surface area contributed by atoms with E-state index in [4.69, 9.17) is 44.3 Å². The van der Waals surface area contributed by atoms with Crippen LogP contribution in [0.1, 0.15) is 46.5 Å². The monoisotopic (exact) mass is 394 g/mol. The molecule has 0 aliphatic heterocycles. The van der Waals surface area contributed by atoms with Crippen molar-refractivity contribution >= 4 is 46.7 Å². The first kappa shape index (κ1) is 21.1. The minimum atomic E-state index is -1.48. The van der Waals surface area contributed by atoms with Gasteiger partial charge in [0, 0.05) is 5.02 Å². The number of carbonyl (C=O) groups is 2. The van der Waals surface area contributed by atoms with Gasteiger partial charge in [0.05, 0.1) is 16.7 Å². The number of esters is 2. The van der Waals surface area contributed by atoms with E-state index in [1.165, 1.54) is 26.0 Å². The molecule has 0 fully saturated rings. The molecule has 0 bridgehead atoms. The molecule has 0 amide bonds. The lowest BCUT2D eigenvalue weighted by atomic mass is 9.94. The summed E-state index contributed by atoms with van der Waals surface area (Å²) in [6.07, 6.45) is 3.91. The predicted octanol–water partition coefficient (Wildman–Crippen LogP) is 5.70. The lowest BCUT2D eigenvalue weighted by molar-refractivity contribution is -0.164. The molecular weight excluding hydrogens is 375 g/mol. The van der Waals surface area contributed by atoms with Crippen LogP contribution in [0, 0.1) is 5.41 Å². The lowest BCUT2D eigenvalue weighted by Gasteiger charge is -2.21. The number of benzene rings is 1. The van der Waals surface area contributed by atoms with Crippen LogP contribution < -0.4 is 4.74 Å². The van der Waals surface area contributed by atoms with Crippen LogP contribution in [0.3, 0.4) is 0 Å². The van der Waals surface area contributed by atoms with Gasteiger partial charge in [-0.3, -0.25) is 9.59 Å². The van der Waals surface area contributed by atoms with Gasteiger partial charge in [-0.2, -0.15) is 0 Å². The molecule has 0 aromatic heterocycles. The Bertz CT molecular complexity index is 576. The van der Waals surface area contributed by atoms with Crippen LogP contribution in [0.5, 0.6) is 5.75 Å². The summed E-state index contributed by atoms with van der Waals surface area (Å²) >= 11 is 17.8. The fourth-order valence-electron chi connectivity index (χ4n) is 1.80. The second kappa shape index (κ2) is 9.50. The number of hydrogen-bond acceptors (Lipinski definition) is 4. The van der Waals surface area contributed by atoms with E-state index >= 15 is 0 Å².